The summed E-state index contributed by atoms with van der Waals surface area (Å²) in [5.74, 6) is 0. The smallest absolute Gasteiger partial charge is 0.0655 e. The normalized spacial score (nSPS) is 10.6. The van der Waals surface area contributed by atoms with E-state index in [0.29, 0.717) is 0 Å². The first-order valence-corrected chi connectivity index (χ1v) is 5.69. The molecule has 0 radical (unpaired) electrons. The van der Waals surface area contributed by atoms with Crippen molar-refractivity contribution in [2.45, 2.75) is 19.8 Å². The van der Waals surface area contributed by atoms with Crippen molar-refractivity contribution in [1.29, 1.82) is 0 Å². The monoisotopic (exact) mass is 216 g/mol. The van der Waals surface area contributed by atoms with Crippen LogP contribution in [0.5, 0.6) is 0 Å². The van der Waals surface area contributed by atoms with Gasteiger partial charge >= 0.3 is 0 Å². The molecule has 2 nitrogen and oxygen atoms in total. The summed E-state index contributed by atoms with van der Waals surface area (Å²) >= 11 is 0. The van der Waals surface area contributed by atoms with Crippen LogP contribution in [-0.4, -0.2) is 25.2 Å². The van der Waals surface area contributed by atoms with Crippen molar-refractivity contribution in [3.05, 3.63) is 42.1 Å². The fraction of sp³-hybridized carbons (Fsp3) is 0.357. The molecule has 0 unspecified atom stereocenters. The van der Waals surface area contributed by atoms with Crippen LogP contribution in [0.4, 0.5) is 5.69 Å². The van der Waals surface area contributed by atoms with Gasteiger partial charge in [0.2, 0.25) is 0 Å². The summed E-state index contributed by atoms with van der Waals surface area (Å²) < 4.78 is 0. The van der Waals surface area contributed by atoms with Crippen LogP contribution in [0.3, 0.4) is 0 Å². The van der Waals surface area contributed by atoms with Crippen LogP contribution in [0.1, 0.15) is 18.9 Å². The minimum atomic E-state index is 0.996. The average Bonchev–Trinajstić information content (AvgIpc) is 2.34. The summed E-state index contributed by atoms with van der Waals surface area (Å²) in [4.78, 5) is 6.22. The number of aliphatic imine (C=N–C) groups is 1. The maximum atomic E-state index is 4.02. The van der Waals surface area contributed by atoms with E-state index in [2.05, 4.69) is 48.9 Å². The van der Waals surface area contributed by atoms with Gasteiger partial charge in [0.1, 0.15) is 0 Å². The second-order valence-electron chi connectivity index (χ2n) is 3.81. The van der Waals surface area contributed by atoms with E-state index in [-0.39, 0.29) is 0 Å². The van der Waals surface area contributed by atoms with Crippen LogP contribution >= 0.6 is 0 Å². The Kier molecular flexibility index (Phi) is 5.34. The van der Waals surface area contributed by atoms with Gasteiger partial charge < -0.3 is 4.90 Å². The van der Waals surface area contributed by atoms with Gasteiger partial charge in [0.05, 0.1) is 5.69 Å². The summed E-state index contributed by atoms with van der Waals surface area (Å²) in [6.45, 7) is 6.73. The lowest BCUT2D eigenvalue weighted by Gasteiger charge is -2.14. The Balaban J connectivity index is 2.54. The lowest BCUT2D eigenvalue weighted by Crippen LogP contribution is -2.14. The molecule has 0 atom stereocenters. The van der Waals surface area contributed by atoms with Crippen molar-refractivity contribution in [3.8, 4) is 0 Å². The van der Waals surface area contributed by atoms with E-state index < -0.39 is 0 Å². The topological polar surface area (TPSA) is 15.6 Å². The predicted octanol–water partition coefficient (Wildman–Crippen LogP) is 3.42. The molecular formula is C14H20N2. The molecule has 0 bridgehead atoms. The number of hydrogen-bond donors (Lipinski definition) is 0. The summed E-state index contributed by atoms with van der Waals surface area (Å²) in [5, 5.41) is 0. The number of para-hydroxylation sites is 1. The van der Waals surface area contributed by atoms with Crippen molar-refractivity contribution in [2.24, 2.45) is 4.99 Å². The van der Waals surface area contributed by atoms with Crippen molar-refractivity contribution in [2.75, 3.05) is 13.6 Å². The largest absolute Gasteiger partial charge is 0.380 e. The fourth-order valence-corrected chi connectivity index (χ4v) is 1.53. The van der Waals surface area contributed by atoms with E-state index in [1.165, 1.54) is 5.56 Å². The third-order valence-corrected chi connectivity index (χ3v) is 2.49. The lowest BCUT2D eigenvalue weighted by molar-refractivity contribution is 0.459. The molecule has 0 fully saturated rings. The first kappa shape index (κ1) is 12.5. The van der Waals surface area contributed by atoms with E-state index >= 15 is 0 Å². The SMILES string of the molecule is C=Nc1ccccc1CCN(C)/C=C\CC. The lowest BCUT2D eigenvalue weighted by atomic mass is 10.1. The average molecular weight is 216 g/mol. The molecule has 0 aromatic heterocycles. The van der Waals surface area contributed by atoms with E-state index in [1.807, 2.05) is 18.2 Å². The van der Waals surface area contributed by atoms with Crippen molar-refractivity contribution in [1.82, 2.24) is 4.90 Å². The van der Waals surface area contributed by atoms with Gasteiger partial charge in [-0.1, -0.05) is 31.2 Å². The second kappa shape index (κ2) is 6.83. The molecule has 2 heteroatoms. The summed E-state index contributed by atoms with van der Waals surface area (Å²) in [6, 6.07) is 8.16. The van der Waals surface area contributed by atoms with Crippen LogP contribution in [0.15, 0.2) is 41.5 Å². The molecule has 1 aromatic rings. The molecule has 0 aliphatic carbocycles. The third-order valence-electron chi connectivity index (χ3n) is 2.49. The van der Waals surface area contributed by atoms with Crippen molar-refractivity contribution in [3.63, 3.8) is 0 Å². The minimum absolute atomic E-state index is 0.996. The summed E-state index contributed by atoms with van der Waals surface area (Å²) in [7, 11) is 2.09. The van der Waals surface area contributed by atoms with Crippen molar-refractivity contribution >= 4 is 12.4 Å². The molecule has 0 heterocycles. The van der Waals surface area contributed by atoms with Crippen LogP contribution in [0, 0.1) is 0 Å². The number of rotatable bonds is 6. The Bertz CT molecular complexity index is 356. The first-order chi connectivity index (χ1) is 7.77. The molecule has 0 amide bonds. The highest BCUT2D eigenvalue weighted by Gasteiger charge is 2.00. The Morgan fingerprint density at radius 2 is 2.12 bits per heavy atom. The third kappa shape index (κ3) is 3.89. The zero-order valence-corrected chi connectivity index (χ0v) is 10.2. The minimum Gasteiger partial charge on any atom is -0.380 e. The fourth-order valence-electron chi connectivity index (χ4n) is 1.53. The highest BCUT2D eigenvalue weighted by molar-refractivity contribution is 5.51. The molecule has 0 aliphatic rings. The van der Waals surface area contributed by atoms with Crippen LogP contribution < -0.4 is 0 Å². The Morgan fingerprint density at radius 1 is 1.38 bits per heavy atom. The molecule has 0 saturated carbocycles. The number of likely N-dealkylation sites (N-methyl/N-ethyl adjacent to an activating group) is 1. The first-order valence-electron chi connectivity index (χ1n) is 5.69. The highest BCUT2D eigenvalue weighted by Crippen LogP contribution is 2.18. The van der Waals surface area contributed by atoms with E-state index in [1.54, 1.807) is 0 Å². The van der Waals surface area contributed by atoms with Gasteiger partial charge in [-0.25, -0.2) is 0 Å². The van der Waals surface area contributed by atoms with E-state index in [0.717, 1.165) is 25.1 Å². The standard InChI is InChI=1S/C14H20N2/c1-4-5-11-16(3)12-10-13-8-6-7-9-14(13)15-2/h5-9,11H,2,4,10,12H2,1,3H3/b11-5-. The van der Waals surface area contributed by atoms with E-state index in [9.17, 15) is 0 Å². The molecule has 0 aliphatic heterocycles. The van der Waals surface area contributed by atoms with Gasteiger partial charge in [-0.15, -0.1) is 0 Å². The number of benzene rings is 1. The van der Waals surface area contributed by atoms with Gasteiger partial charge in [0.15, 0.2) is 0 Å². The quantitative estimate of drug-likeness (QED) is 0.665. The van der Waals surface area contributed by atoms with Crippen LogP contribution in [0.25, 0.3) is 0 Å². The number of nitrogens with zero attached hydrogens (tertiary/aromatic N) is 2. The Labute approximate surface area is 98.3 Å². The Morgan fingerprint density at radius 3 is 2.81 bits per heavy atom. The maximum Gasteiger partial charge on any atom is 0.0655 e. The van der Waals surface area contributed by atoms with Gasteiger partial charge in [-0.2, -0.15) is 0 Å². The molecule has 0 spiro atoms. The van der Waals surface area contributed by atoms with Crippen LogP contribution in [-0.2, 0) is 6.42 Å². The van der Waals surface area contributed by atoms with Gasteiger partial charge in [-0.3, -0.25) is 4.99 Å². The molecule has 0 N–H and O–H groups in total. The number of allylic oxidation sites excluding steroid dienone is 1. The molecule has 86 valence electrons. The summed E-state index contributed by atoms with van der Waals surface area (Å²) in [6.07, 6.45) is 6.37. The van der Waals surface area contributed by atoms with E-state index in [4.69, 9.17) is 0 Å². The van der Waals surface area contributed by atoms with Gasteiger partial charge in [-0.05, 0) is 37.4 Å². The molecule has 16 heavy (non-hydrogen) atoms. The highest BCUT2D eigenvalue weighted by atomic mass is 15.1. The zero-order valence-electron chi connectivity index (χ0n) is 10.2. The van der Waals surface area contributed by atoms with Crippen LogP contribution in [0.2, 0.25) is 0 Å². The molecule has 1 rings (SSSR count). The molecule has 0 saturated heterocycles. The van der Waals surface area contributed by atoms with Crippen molar-refractivity contribution < 1.29 is 0 Å². The maximum absolute atomic E-state index is 4.02. The predicted molar refractivity (Wildman–Crippen MR) is 71.4 cm³/mol. The molecule has 1 aromatic carbocycles. The second-order valence-corrected chi connectivity index (χ2v) is 3.81. The Hall–Kier alpha value is -1.57. The van der Waals surface area contributed by atoms with Gasteiger partial charge in [0.25, 0.3) is 0 Å². The molecular weight excluding hydrogens is 196 g/mol. The zero-order chi connectivity index (χ0) is 11.8. The number of hydrogen-bond acceptors (Lipinski definition) is 2. The van der Waals surface area contributed by atoms with Gasteiger partial charge in [0, 0.05) is 13.6 Å². The summed E-state index contributed by atoms with van der Waals surface area (Å²) in [5.41, 5.74) is 2.25.